The molecule has 104 valence electrons. The zero-order valence-corrected chi connectivity index (χ0v) is 12.1. The Hall–Kier alpha value is -1.10. The third-order valence-corrected chi connectivity index (χ3v) is 4.74. The minimum Gasteiger partial charge on any atom is -0.508 e. The second-order valence-corrected chi connectivity index (χ2v) is 6.11. The molecule has 1 aromatic rings. The van der Waals surface area contributed by atoms with Gasteiger partial charge in [0, 0.05) is 17.4 Å². The first kappa shape index (κ1) is 14.3. The summed E-state index contributed by atoms with van der Waals surface area (Å²) < 4.78 is 13.5. The largest absolute Gasteiger partial charge is 0.508 e. The molecule has 19 heavy (non-hydrogen) atoms. The first-order chi connectivity index (χ1) is 9.08. The normalized spacial score (nSPS) is 23.1. The maximum Gasteiger partial charge on any atom is 0.254 e. The molecule has 2 unspecified atom stereocenters. The fourth-order valence-corrected chi connectivity index (χ4v) is 3.17. The quantitative estimate of drug-likeness (QED) is 0.836. The van der Waals surface area contributed by atoms with Crippen LogP contribution in [0, 0.1) is 11.7 Å². The van der Waals surface area contributed by atoms with Crippen LogP contribution in [-0.2, 0) is 0 Å². The summed E-state index contributed by atoms with van der Waals surface area (Å²) in [6, 6.07) is 3.56. The zero-order valence-electron chi connectivity index (χ0n) is 10.5. The van der Waals surface area contributed by atoms with Crippen LogP contribution in [-0.4, -0.2) is 22.4 Å². The predicted octanol–water partition coefficient (Wildman–Crippen LogP) is 3.21. The van der Waals surface area contributed by atoms with E-state index in [0.29, 0.717) is 17.3 Å². The number of benzene rings is 1. The molecular weight excluding hydrogens is 313 g/mol. The summed E-state index contributed by atoms with van der Waals surface area (Å²) in [4.78, 5) is 12.3. The van der Waals surface area contributed by atoms with Gasteiger partial charge in [0.2, 0.25) is 0 Å². The van der Waals surface area contributed by atoms with Crippen molar-refractivity contribution in [1.29, 1.82) is 0 Å². The molecule has 1 aliphatic carbocycles. The smallest absolute Gasteiger partial charge is 0.254 e. The van der Waals surface area contributed by atoms with Crippen molar-refractivity contribution in [1.82, 2.24) is 5.32 Å². The topological polar surface area (TPSA) is 49.3 Å². The van der Waals surface area contributed by atoms with E-state index in [2.05, 4.69) is 21.2 Å². The number of rotatable bonds is 3. The van der Waals surface area contributed by atoms with Gasteiger partial charge in [-0.1, -0.05) is 28.8 Å². The second-order valence-electron chi connectivity index (χ2n) is 4.93. The number of carbonyl (C=O) groups excluding carboxylic acids is 1. The maximum atomic E-state index is 13.5. The molecule has 0 spiro atoms. The maximum absolute atomic E-state index is 13.5. The fraction of sp³-hybridized carbons (Fsp3) is 0.500. The van der Waals surface area contributed by atoms with Crippen LogP contribution >= 0.6 is 15.9 Å². The van der Waals surface area contributed by atoms with Gasteiger partial charge >= 0.3 is 0 Å². The van der Waals surface area contributed by atoms with E-state index >= 15 is 0 Å². The lowest BCUT2D eigenvalue weighted by Crippen LogP contribution is -2.34. The van der Waals surface area contributed by atoms with Crippen LogP contribution in [0.25, 0.3) is 0 Å². The lowest BCUT2D eigenvalue weighted by Gasteiger charge is -2.27. The molecule has 0 saturated heterocycles. The van der Waals surface area contributed by atoms with Gasteiger partial charge in [0.1, 0.15) is 11.6 Å². The molecule has 5 heteroatoms. The third kappa shape index (κ3) is 3.69. The van der Waals surface area contributed by atoms with Gasteiger partial charge in [-0.15, -0.1) is 0 Å². The number of hydrogen-bond acceptors (Lipinski definition) is 2. The summed E-state index contributed by atoms with van der Waals surface area (Å²) >= 11 is 3.63. The van der Waals surface area contributed by atoms with Gasteiger partial charge in [-0.2, -0.15) is 0 Å². The first-order valence-electron chi connectivity index (χ1n) is 6.48. The molecule has 0 aromatic heterocycles. The number of alkyl halides is 1. The molecule has 1 fully saturated rings. The zero-order chi connectivity index (χ0) is 13.8. The lowest BCUT2D eigenvalue weighted by molar-refractivity contribution is 0.0940. The van der Waals surface area contributed by atoms with Crippen molar-refractivity contribution in [3.8, 4) is 5.75 Å². The van der Waals surface area contributed by atoms with Crippen LogP contribution < -0.4 is 5.32 Å². The van der Waals surface area contributed by atoms with Crippen molar-refractivity contribution in [2.24, 2.45) is 5.92 Å². The summed E-state index contributed by atoms with van der Waals surface area (Å²) in [6.45, 7) is 0.551. The van der Waals surface area contributed by atoms with Gasteiger partial charge in [0.05, 0.1) is 5.56 Å². The SMILES string of the molecule is O=C(NCC1CCCCC1Br)c1ccc(O)cc1F. The summed E-state index contributed by atoms with van der Waals surface area (Å²) in [6.07, 6.45) is 4.59. The molecule has 1 aliphatic rings. The molecule has 3 nitrogen and oxygen atoms in total. The molecule has 0 bridgehead atoms. The molecule has 2 N–H and O–H groups in total. The molecule has 1 aromatic carbocycles. The fourth-order valence-electron chi connectivity index (χ4n) is 2.40. The number of aromatic hydroxyl groups is 1. The molecule has 2 atom stereocenters. The Bertz CT molecular complexity index is 467. The minimum atomic E-state index is -0.698. The van der Waals surface area contributed by atoms with Gasteiger partial charge in [-0.3, -0.25) is 4.79 Å². The van der Waals surface area contributed by atoms with Gasteiger partial charge in [-0.05, 0) is 30.9 Å². The van der Waals surface area contributed by atoms with Crippen molar-refractivity contribution in [2.45, 2.75) is 30.5 Å². The van der Waals surface area contributed by atoms with E-state index in [9.17, 15) is 9.18 Å². The van der Waals surface area contributed by atoms with E-state index in [1.54, 1.807) is 0 Å². The van der Waals surface area contributed by atoms with Crippen molar-refractivity contribution in [3.63, 3.8) is 0 Å². The van der Waals surface area contributed by atoms with Crippen LogP contribution in [0.15, 0.2) is 18.2 Å². The van der Waals surface area contributed by atoms with E-state index in [1.807, 2.05) is 0 Å². The number of phenolic OH excluding ortho intramolecular Hbond substituents is 1. The van der Waals surface area contributed by atoms with Crippen molar-refractivity contribution in [3.05, 3.63) is 29.6 Å². The van der Waals surface area contributed by atoms with Gasteiger partial charge in [0.15, 0.2) is 0 Å². The highest BCUT2D eigenvalue weighted by Gasteiger charge is 2.23. The Morgan fingerprint density at radius 1 is 1.42 bits per heavy atom. The lowest BCUT2D eigenvalue weighted by atomic mass is 9.89. The average molecular weight is 330 g/mol. The molecule has 1 amide bonds. The number of nitrogens with one attached hydrogen (secondary N) is 1. The Morgan fingerprint density at radius 2 is 2.16 bits per heavy atom. The summed E-state index contributed by atoms with van der Waals surface area (Å²) in [5.74, 6) is -0.904. The molecule has 1 saturated carbocycles. The van der Waals surface area contributed by atoms with Crippen molar-refractivity contribution < 1.29 is 14.3 Å². The van der Waals surface area contributed by atoms with Crippen LogP contribution in [0.5, 0.6) is 5.75 Å². The van der Waals surface area contributed by atoms with Crippen LogP contribution in [0.2, 0.25) is 0 Å². The van der Waals surface area contributed by atoms with E-state index in [-0.39, 0.29) is 11.3 Å². The van der Waals surface area contributed by atoms with E-state index < -0.39 is 11.7 Å². The van der Waals surface area contributed by atoms with Crippen LogP contribution in [0.4, 0.5) is 4.39 Å². The highest BCUT2D eigenvalue weighted by Crippen LogP contribution is 2.29. The van der Waals surface area contributed by atoms with E-state index in [1.165, 1.54) is 25.0 Å². The van der Waals surface area contributed by atoms with Gasteiger partial charge in [0.25, 0.3) is 5.91 Å². The molecule has 0 radical (unpaired) electrons. The minimum absolute atomic E-state index is 0.0280. The second kappa shape index (κ2) is 6.37. The van der Waals surface area contributed by atoms with Crippen LogP contribution in [0.1, 0.15) is 36.0 Å². The molecule has 0 heterocycles. The van der Waals surface area contributed by atoms with E-state index in [0.717, 1.165) is 18.9 Å². The Kier molecular flexibility index (Phi) is 4.80. The number of hydrogen-bond donors (Lipinski definition) is 2. The monoisotopic (exact) mass is 329 g/mol. The third-order valence-electron chi connectivity index (χ3n) is 3.54. The highest BCUT2D eigenvalue weighted by atomic mass is 79.9. The highest BCUT2D eigenvalue weighted by molar-refractivity contribution is 9.09. The number of carbonyl (C=O) groups is 1. The molecule has 0 aliphatic heterocycles. The van der Waals surface area contributed by atoms with E-state index in [4.69, 9.17) is 5.11 Å². The standard InChI is InChI=1S/C14H17BrFNO2/c15-12-4-2-1-3-9(12)8-17-14(19)11-6-5-10(18)7-13(11)16/h5-7,9,12,18H,1-4,8H2,(H,17,19). The number of amides is 1. The van der Waals surface area contributed by atoms with Crippen LogP contribution in [0.3, 0.4) is 0 Å². The Morgan fingerprint density at radius 3 is 2.84 bits per heavy atom. The first-order valence-corrected chi connectivity index (χ1v) is 7.40. The van der Waals surface area contributed by atoms with Crippen molar-refractivity contribution >= 4 is 21.8 Å². The number of halogens is 2. The summed E-state index contributed by atoms with van der Waals surface area (Å²) in [5, 5.41) is 11.9. The summed E-state index contributed by atoms with van der Waals surface area (Å²) in [5.41, 5.74) is -0.0280. The number of phenols is 1. The Balaban J connectivity index is 1.93. The van der Waals surface area contributed by atoms with Gasteiger partial charge < -0.3 is 10.4 Å². The summed E-state index contributed by atoms with van der Waals surface area (Å²) in [7, 11) is 0. The average Bonchev–Trinajstić information content (AvgIpc) is 2.37. The molecule has 2 rings (SSSR count). The Labute approximate surface area is 120 Å². The predicted molar refractivity (Wildman–Crippen MR) is 75.1 cm³/mol. The van der Waals surface area contributed by atoms with Gasteiger partial charge in [-0.25, -0.2) is 4.39 Å². The molecular formula is C14H17BrFNO2. The van der Waals surface area contributed by atoms with Crippen molar-refractivity contribution in [2.75, 3.05) is 6.54 Å².